The fourth-order valence-corrected chi connectivity index (χ4v) is 4.52. The van der Waals surface area contributed by atoms with Gasteiger partial charge in [0.25, 0.3) is 0 Å². The zero-order valence-electron chi connectivity index (χ0n) is 25.9. The van der Waals surface area contributed by atoms with Crippen molar-refractivity contribution in [1.82, 2.24) is 25.9 Å². The molecule has 3 aromatic carbocycles. The van der Waals surface area contributed by atoms with Gasteiger partial charge in [-0.2, -0.15) is 0 Å². The first-order valence-corrected chi connectivity index (χ1v) is 15.4. The Bertz CT molecular complexity index is 1520. The van der Waals surface area contributed by atoms with Crippen LogP contribution in [-0.4, -0.2) is 52.7 Å². The second-order valence-corrected chi connectivity index (χ2v) is 10.7. The minimum absolute atomic E-state index is 0.0195. The molecule has 0 unspecified atom stereocenters. The number of aromatic nitrogens is 2. The molecule has 0 spiro atoms. The number of carbonyl (C=O) groups is 4. The topological polar surface area (TPSA) is 161 Å². The molecule has 4 aromatic rings. The van der Waals surface area contributed by atoms with Crippen LogP contribution in [0.25, 0.3) is 0 Å². The molecule has 4 rings (SSSR count). The third kappa shape index (κ3) is 12.7. The number of esters is 1. The summed E-state index contributed by atoms with van der Waals surface area (Å²) >= 11 is 0. The zero-order valence-corrected chi connectivity index (χ0v) is 25.9. The summed E-state index contributed by atoms with van der Waals surface area (Å²) < 4.78 is 16.1. The van der Waals surface area contributed by atoms with Crippen LogP contribution < -0.4 is 16.0 Å². The monoisotopic (exact) mass is 641 g/mol. The molecule has 12 heteroatoms. The van der Waals surface area contributed by atoms with Gasteiger partial charge in [-0.15, -0.1) is 0 Å². The SMILES string of the molecule is O=C(NCCCC[C@H](NC(=O)[C@H](Cc1c[nH]cn1)NC(=O)OCc1ccccc1)C(=O)OCc1ccccc1)OCc1ccccc1. The minimum Gasteiger partial charge on any atom is -0.459 e. The molecule has 0 fully saturated rings. The molecule has 0 saturated carbocycles. The average Bonchev–Trinajstić information content (AvgIpc) is 3.62. The molecule has 4 N–H and O–H groups in total. The van der Waals surface area contributed by atoms with Crippen LogP contribution in [-0.2, 0) is 50.0 Å². The summed E-state index contributed by atoms with van der Waals surface area (Å²) in [7, 11) is 0. The molecule has 1 heterocycles. The lowest BCUT2D eigenvalue weighted by atomic mass is 10.1. The first-order chi connectivity index (χ1) is 23.0. The van der Waals surface area contributed by atoms with Gasteiger partial charge in [0.1, 0.15) is 31.9 Å². The van der Waals surface area contributed by atoms with Gasteiger partial charge in [0.05, 0.1) is 12.0 Å². The molecule has 0 radical (unpaired) electrons. The van der Waals surface area contributed by atoms with E-state index in [0.717, 1.165) is 16.7 Å². The van der Waals surface area contributed by atoms with Gasteiger partial charge in [-0.1, -0.05) is 91.0 Å². The number of carbonyl (C=O) groups excluding carboxylic acids is 4. The Kier molecular flexibility index (Phi) is 13.8. The number of imidazole rings is 1. The Balaban J connectivity index is 1.32. The lowest BCUT2D eigenvalue weighted by Gasteiger charge is -2.22. The summed E-state index contributed by atoms with van der Waals surface area (Å²) in [5, 5.41) is 8.04. The van der Waals surface area contributed by atoms with Crippen molar-refractivity contribution in [2.45, 2.75) is 57.6 Å². The van der Waals surface area contributed by atoms with Crippen molar-refractivity contribution in [3.05, 3.63) is 126 Å². The van der Waals surface area contributed by atoms with Crippen LogP contribution >= 0.6 is 0 Å². The van der Waals surface area contributed by atoms with Crippen LogP contribution in [0.5, 0.6) is 0 Å². The second kappa shape index (κ2) is 19.0. The molecular weight excluding hydrogens is 602 g/mol. The molecule has 0 aliphatic heterocycles. The molecule has 1 aromatic heterocycles. The number of benzene rings is 3. The summed E-state index contributed by atoms with van der Waals surface area (Å²) in [5.74, 6) is -1.23. The number of ether oxygens (including phenoxy) is 3. The van der Waals surface area contributed by atoms with Crippen LogP contribution in [0.15, 0.2) is 104 Å². The van der Waals surface area contributed by atoms with Crippen molar-refractivity contribution in [3.63, 3.8) is 0 Å². The predicted molar refractivity (Wildman–Crippen MR) is 172 cm³/mol. The number of alkyl carbamates (subject to hydrolysis) is 2. The van der Waals surface area contributed by atoms with E-state index in [1.807, 2.05) is 91.0 Å². The largest absolute Gasteiger partial charge is 0.459 e. The van der Waals surface area contributed by atoms with Crippen molar-refractivity contribution >= 4 is 24.1 Å². The van der Waals surface area contributed by atoms with E-state index in [1.165, 1.54) is 6.33 Å². The second-order valence-electron chi connectivity index (χ2n) is 10.7. The van der Waals surface area contributed by atoms with Crippen LogP contribution in [0.3, 0.4) is 0 Å². The molecule has 12 nitrogen and oxygen atoms in total. The van der Waals surface area contributed by atoms with E-state index >= 15 is 0 Å². The smallest absolute Gasteiger partial charge is 0.408 e. The number of unbranched alkanes of at least 4 members (excludes halogenated alkanes) is 1. The normalized spacial score (nSPS) is 11.8. The van der Waals surface area contributed by atoms with E-state index in [0.29, 0.717) is 25.1 Å². The standard InChI is InChI=1S/C35H39N5O7/c41-32(31(20-29-21-36-25-38-29)40-35(44)47-24-28-16-8-3-9-17-28)39-30(33(42)45-22-26-12-4-1-5-13-26)18-10-11-19-37-34(43)46-23-27-14-6-2-7-15-27/h1-9,12-17,21,25,30-31H,10-11,18-20,22-24H2,(H,36,38)(H,37,43)(H,39,41)(H,40,44)/t30-,31-/m0/s1. The maximum Gasteiger partial charge on any atom is 0.408 e. The van der Waals surface area contributed by atoms with Gasteiger partial charge in [-0.25, -0.2) is 19.4 Å². The van der Waals surface area contributed by atoms with Crippen molar-refractivity contribution in [2.24, 2.45) is 0 Å². The van der Waals surface area contributed by atoms with E-state index in [2.05, 4.69) is 25.9 Å². The lowest BCUT2D eigenvalue weighted by Crippen LogP contribution is -2.53. The average molecular weight is 642 g/mol. The van der Waals surface area contributed by atoms with Crippen molar-refractivity contribution < 1.29 is 33.4 Å². The number of amides is 3. The highest BCUT2D eigenvalue weighted by atomic mass is 16.6. The Morgan fingerprint density at radius 3 is 1.77 bits per heavy atom. The molecule has 246 valence electrons. The first kappa shape index (κ1) is 34.2. The van der Waals surface area contributed by atoms with Gasteiger partial charge in [0, 0.05) is 19.2 Å². The van der Waals surface area contributed by atoms with Gasteiger partial charge in [-0.3, -0.25) is 4.79 Å². The number of aromatic amines is 1. The van der Waals surface area contributed by atoms with E-state index < -0.39 is 36.1 Å². The summed E-state index contributed by atoms with van der Waals surface area (Å²) in [5.41, 5.74) is 2.99. The highest BCUT2D eigenvalue weighted by Gasteiger charge is 2.29. The van der Waals surface area contributed by atoms with Gasteiger partial charge in [0.2, 0.25) is 5.91 Å². The highest BCUT2D eigenvalue weighted by Crippen LogP contribution is 2.09. The maximum absolute atomic E-state index is 13.5. The summed E-state index contributed by atoms with van der Waals surface area (Å²) in [6, 6.07) is 25.6. The number of rotatable bonds is 17. The predicted octanol–water partition coefficient (Wildman–Crippen LogP) is 4.57. The Hall–Kier alpha value is -5.65. The number of nitrogens with zero attached hydrogens (tertiary/aromatic N) is 1. The zero-order chi connectivity index (χ0) is 33.1. The lowest BCUT2D eigenvalue weighted by molar-refractivity contribution is -0.149. The summed E-state index contributed by atoms with van der Waals surface area (Å²) in [6.45, 7) is 0.512. The van der Waals surface area contributed by atoms with E-state index in [4.69, 9.17) is 14.2 Å². The first-order valence-electron chi connectivity index (χ1n) is 15.4. The quantitative estimate of drug-likeness (QED) is 0.0741. The summed E-state index contributed by atoms with van der Waals surface area (Å²) in [6.07, 6.45) is 3.00. The van der Waals surface area contributed by atoms with Gasteiger partial charge >= 0.3 is 18.2 Å². The third-order valence-corrected chi connectivity index (χ3v) is 7.02. The Labute approximate surface area is 273 Å². The Morgan fingerprint density at radius 2 is 1.21 bits per heavy atom. The molecule has 0 bridgehead atoms. The number of hydrogen-bond donors (Lipinski definition) is 4. The summed E-state index contributed by atoms with van der Waals surface area (Å²) in [4.78, 5) is 58.5. The maximum atomic E-state index is 13.5. The molecule has 47 heavy (non-hydrogen) atoms. The van der Waals surface area contributed by atoms with E-state index in [1.54, 1.807) is 6.20 Å². The van der Waals surface area contributed by atoms with Crippen molar-refractivity contribution in [2.75, 3.05) is 6.54 Å². The highest BCUT2D eigenvalue weighted by molar-refractivity contribution is 5.89. The third-order valence-electron chi connectivity index (χ3n) is 7.02. The van der Waals surface area contributed by atoms with Crippen LogP contribution in [0, 0.1) is 0 Å². The van der Waals surface area contributed by atoms with Crippen molar-refractivity contribution in [1.29, 1.82) is 0 Å². The number of H-pyrrole nitrogens is 1. The molecule has 2 atom stereocenters. The fraction of sp³-hybridized carbons (Fsp3) is 0.286. The minimum atomic E-state index is -1.09. The van der Waals surface area contributed by atoms with Gasteiger partial charge in [0.15, 0.2) is 0 Å². The van der Waals surface area contributed by atoms with Crippen LogP contribution in [0.1, 0.15) is 41.6 Å². The van der Waals surface area contributed by atoms with E-state index in [-0.39, 0.29) is 32.7 Å². The van der Waals surface area contributed by atoms with Crippen LogP contribution in [0.2, 0.25) is 0 Å². The molecule has 0 aliphatic carbocycles. The van der Waals surface area contributed by atoms with E-state index in [9.17, 15) is 19.2 Å². The molecule has 0 aliphatic rings. The Morgan fingerprint density at radius 1 is 0.660 bits per heavy atom. The number of nitrogens with one attached hydrogen (secondary N) is 4. The molecular formula is C35H39N5O7. The number of hydrogen-bond acceptors (Lipinski definition) is 8. The molecule has 3 amide bonds. The molecule has 0 saturated heterocycles. The van der Waals surface area contributed by atoms with Crippen molar-refractivity contribution in [3.8, 4) is 0 Å². The van der Waals surface area contributed by atoms with Gasteiger partial charge < -0.3 is 35.1 Å². The van der Waals surface area contributed by atoms with Gasteiger partial charge in [-0.05, 0) is 36.0 Å². The fourth-order valence-electron chi connectivity index (χ4n) is 4.52. The van der Waals surface area contributed by atoms with Crippen LogP contribution in [0.4, 0.5) is 9.59 Å².